The minimum absolute atomic E-state index is 0.142. The van der Waals surface area contributed by atoms with Crippen LogP contribution in [0.15, 0.2) is 11.6 Å². The Labute approximate surface area is 86.8 Å². The van der Waals surface area contributed by atoms with Crippen molar-refractivity contribution in [2.75, 3.05) is 13.1 Å². The Kier molecular flexibility index (Phi) is 3.48. The van der Waals surface area contributed by atoms with E-state index in [1.165, 1.54) is 0 Å². The fourth-order valence-electron chi connectivity index (χ4n) is 2.10. The topological polar surface area (TPSA) is 29.1 Å². The zero-order chi connectivity index (χ0) is 10.8. The van der Waals surface area contributed by atoms with Crippen LogP contribution in [0, 0.1) is 11.3 Å². The van der Waals surface area contributed by atoms with Crippen molar-refractivity contribution < 1.29 is 4.79 Å². The van der Waals surface area contributed by atoms with Gasteiger partial charge in [-0.3, -0.25) is 4.79 Å². The summed E-state index contributed by atoms with van der Waals surface area (Å²) in [5.41, 5.74) is 0.957. The van der Waals surface area contributed by atoms with Gasteiger partial charge < -0.3 is 5.32 Å². The van der Waals surface area contributed by atoms with Crippen LogP contribution >= 0.6 is 0 Å². The van der Waals surface area contributed by atoms with Crippen LogP contribution < -0.4 is 5.32 Å². The first-order valence-electron chi connectivity index (χ1n) is 5.39. The first-order chi connectivity index (χ1) is 6.49. The molecule has 80 valence electrons. The lowest BCUT2D eigenvalue weighted by atomic mass is 9.72. The number of carbonyl (C=O) groups is 1. The monoisotopic (exact) mass is 195 g/mol. The van der Waals surface area contributed by atoms with Gasteiger partial charge in [-0.15, -0.1) is 0 Å². The van der Waals surface area contributed by atoms with Gasteiger partial charge in [-0.25, -0.2) is 0 Å². The van der Waals surface area contributed by atoms with E-state index in [0.717, 1.165) is 25.1 Å². The molecule has 1 N–H and O–H groups in total. The van der Waals surface area contributed by atoms with E-state index in [1.54, 1.807) is 6.08 Å². The summed E-state index contributed by atoms with van der Waals surface area (Å²) in [6.45, 7) is 10.1. The molecule has 0 aromatic heterocycles. The quantitative estimate of drug-likeness (QED) is 0.699. The molecule has 0 radical (unpaired) electrons. The van der Waals surface area contributed by atoms with Gasteiger partial charge in [0.2, 0.25) is 0 Å². The number of allylic oxidation sites excluding steroid dienone is 2. The van der Waals surface area contributed by atoms with Crippen LogP contribution in [-0.4, -0.2) is 18.9 Å². The van der Waals surface area contributed by atoms with Gasteiger partial charge in [-0.1, -0.05) is 19.4 Å². The van der Waals surface area contributed by atoms with Crippen molar-refractivity contribution in [2.45, 2.75) is 34.1 Å². The molecule has 0 aromatic rings. The molecule has 2 nitrogen and oxygen atoms in total. The predicted octanol–water partition coefficient (Wildman–Crippen LogP) is 2.16. The van der Waals surface area contributed by atoms with Gasteiger partial charge in [0.15, 0.2) is 5.78 Å². The zero-order valence-corrected chi connectivity index (χ0v) is 9.68. The maximum Gasteiger partial charge on any atom is 0.163 e. The van der Waals surface area contributed by atoms with Gasteiger partial charge in [-0.2, -0.15) is 0 Å². The number of hydrogen-bond donors (Lipinski definition) is 1. The van der Waals surface area contributed by atoms with Gasteiger partial charge in [0.25, 0.3) is 0 Å². The Morgan fingerprint density at radius 2 is 2.07 bits per heavy atom. The van der Waals surface area contributed by atoms with E-state index in [0.29, 0.717) is 11.7 Å². The molecule has 1 atom stereocenters. The number of nitrogens with one attached hydrogen (secondary N) is 1. The lowest BCUT2D eigenvalue weighted by Crippen LogP contribution is -2.37. The summed E-state index contributed by atoms with van der Waals surface area (Å²) in [5, 5.41) is 3.30. The molecular weight excluding hydrogens is 174 g/mol. The summed E-state index contributed by atoms with van der Waals surface area (Å²) >= 11 is 0. The molecule has 0 spiro atoms. The predicted molar refractivity (Wildman–Crippen MR) is 59.2 cm³/mol. The molecule has 2 heteroatoms. The minimum Gasteiger partial charge on any atom is -0.316 e. The number of carbonyl (C=O) groups excluding carboxylic acids is 1. The highest BCUT2D eigenvalue weighted by Crippen LogP contribution is 2.35. The van der Waals surface area contributed by atoms with Crippen LogP contribution in [0.5, 0.6) is 0 Å². The van der Waals surface area contributed by atoms with Crippen LogP contribution in [0.4, 0.5) is 0 Å². The van der Waals surface area contributed by atoms with Crippen molar-refractivity contribution in [2.24, 2.45) is 11.3 Å². The molecule has 0 aliphatic carbocycles. The molecule has 1 saturated heterocycles. The van der Waals surface area contributed by atoms with Crippen LogP contribution in [0.25, 0.3) is 0 Å². The second-order valence-corrected chi connectivity index (χ2v) is 4.82. The van der Waals surface area contributed by atoms with Gasteiger partial charge >= 0.3 is 0 Å². The molecule has 1 heterocycles. The van der Waals surface area contributed by atoms with Crippen molar-refractivity contribution in [3.8, 4) is 0 Å². The molecule has 1 rings (SSSR count). The third-order valence-electron chi connectivity index (χ3n) is 3.20. The second-order valence-electron chi connectivity index (χ2n) is 4.82. The summed E-state index contributed by atoms with van der Waals surface area (Å²) in [7, 11) is 0. The molecule has 1 aliphatic heterocycles. The maximum atomic E-state index is 12.1. The van der Waals surface area contributed by atoms with Crippen LogP contribution in [0.2, 0.25) is 0 Å². The van der Waals surface area contributed by atoms with Crippen LogP contribution in [0.1, 0.15) is 34.1 Å². The first kappa shape index (κ1) is 11.4. The van der Waals surface area contributed by atoms with E-state index in [9.17, 15) is 4.79 Å². The Morgan fingerprint density at radius 1 is 1.43 bits per heavy atom. The number of rotatable bonds is 3. The summed E-state index contributed by atoms with van der Waals surface area (Å²) in [6, 6.07) is 0. The van der Waals surface area contributed by atoms with Crippen molar-refractivity contribution in [1.82, 2.24) is 5.32 Å². The lowest BCUT2D eigenvalue weighted by Gasteiger charge is -2.29. The minimum atomic E-state index is -0.142. The third kappa shape index (κ3) is 2.06. The summed E-state index contributed by atoms with van der Waals surface area (Å²) in [4.78, 5) is 12.1. The molecule has 1 fully saturated rings. The Bertz CT molecular complexity index is 243. The average Bonchev–Trinajstić information content (AvgIpc) is 2.51. The molecular formula is C12H21NO. The second kappa shape index (κ2) is 4.26. The van der Waals surface area contributed by atoms with Gasteiger partial charge in [0.05, 0.1) is 0 Å². The molecule has 0 bridgehead atoms. The summed E-state index contributed by atoms with van der Waals surface area (Å²) in [5.74, 6) is 0.720. The van der Waals surface area contributed by atoms with E-state index >= 15 is 0 Å². The van der Waals surface area contributed by atoms with Crippen LogP contribution in [-0.2, 0) is 4.79 Å². The highest BCUT2D eigenvalue weighted by atomic mass is 16.1. The molecule has 0 aromatic carbocycles. The highest BCUT2D eigenvalue weighted by molar-refractivity contribution is 5.96. The van der Waals surface area contributed by atoms with Crippen molar-refractivity contribution in [3.05, 3.63) is 11.6 Å². The normalized spacial score (nSPS) is 26.6. The van der Waals surface area contributed by atoms with Gasteiger partial charge in [-0.05, 0) is 38.8 Å². The molecule has 0 amide bonds. The van der Waals surface area contributed by atoms with E-state index in [-0.39, 0.29) is 5.41 Å². The smallest absolute Gasteiger partial charge is 0.163 e. The van der Waals surface area contributed by atoms with E-state index < -0.39 is 0 Å². The Morgan fingerprint density at radius 3 is 2.43 bits per heavy atom. The van der Waals surface area contributed by atoms with Crippen molar-refractivity contribution in [1.29, 1.82) is 0 Å². The number of ketones is 1. The van der Waals surface area contributed by atoms with E-state index in [2.05, 4.69) is 19.2 Å². The van der Waals surface area contributed by atoms with E-state index in [1.807, 2.05) is 13.8 Å². The molecule has 14 heavy (non-hydrogen) atoms. The average molecular weight is 195 g/mol. The molecule has 0 saturated carbocycles. The first-order valence-corrected chi connectivity index (χ1v) is 5.39. The van der Waals surface area contributed by atoms with Crippen molar-refractivity contribution in [3.63, 3.8) is 0 Å². The highest BCUT2D eigenvalue weighted by Gasteiger charge is 2.42. The lowest BCUT2D eigenvalue weighted by molar-refractivity contribution is -0.125. The number of hydrogen-bond acceptors (Lipinski definition) is 2. The largest absolute Gasteiger partial charge is 0.316 e. The molecule has 1 unspecified atom stereocenters. The SMILES string of the molecule is CC(C)=CC(=O)C1(C(C)C)CCNC1. The fourth-order valence-corrected chi connectivity index (χ4v) is 2.10. The Balaban J connectivity index is 2.88. The van der Waals surface area contributed by atoms with Gasteiger partial charge in [0.1, 0.15) is 0 Å². The standard InChI is InChI=1S/C12H21NO/c1-9(2)7-11(14)12(10(3)4)5-6-13-8-12/h7,10,13H,5-6,8H2,1-4H3. The summed E-state index contributed by atoms with van der Waals surface area (Å²) in [6.07, 6.45) is 2.78. The maximum absolute atomic E-state index is 12.1. The third-order valence-corrected chi connectivity index (χ3v) is 3.20. The molecule has 1 aliphatic rings. The zero-order valence-electron chi connectivity index (χ0n) is 9.68. The Hall–Kier alpha value is -0.630. The van der Waals surface area contributed by atoms with E-state index in [4.69, 9.17) is 0 Å². The van der Waals surface area contributed by atoms with Gasteiger partial charge in [0, 0.05) is 12.0 Å². The van der Waals surface area contributed by atoms with Crippen molar-refractivity contribution >= 4 is 5.78 Å². The fraction of sp³-hybridized carbons (Fsp3) is 0.750. The van der Waals surface area contributed by atoms with Crippen LogP contribution in [0.3, 0.4) is 0 Å². The summed E-state index contributed by atoms with van der Waals surface area (Å²) < 4.78 is 0.